The van der Waals surface area contributed by atoms with Gasteiger partial charge >= 0.3 is 5.97 Å². The number of likely N-dealkylation sites (tertiary alicyclic amines) is 2. The topological polar surface area (TPSA) is 130 Å². The standard InChI is InChI=1S/C37H39Cl2N5O6/c1-37(47)19-44(20-37)18-30-35(49-3)41-29(15-40-30)27-9-5-8-26(32(27)39)23-6-4-7-25-24(23)10-11-31(25)50-34-28(38)14-22(33(42-34)48-2)17-43-13-12-21(16-43)36(45)46/h4-9,14-15,21,31,47H,10-13,16-20H2,1-3H3,(H,45,46)/t21-,31-/m0/s1. The van der Waals surface area contributed by atoms with Crippen LogP contribution >= 0.6 is 23.2 Å². The molecule has 0 unspecified atom stereocenters. The second-order valence-electron chi connectivity index (χ2n) is 13.5. The minimum absolute atomic E-state index is 0.278. The second-order valence-corrected chi connectivity index (χ2v) is 14.3. The molecule has 4 aromatic rings. The molecule has 0 spiro atoms. The van der Waals surface area contributed by atoms with Gasteiger partial charge in [0.25, 0.3) is 0 Å². The SMILES string of the molecule is COc1nc(O[C@H]2CCc3c(-c4cccc(-c5cnc(CN6CC(C)(O)C6)c(OC)n5)c4Cl)cccc32)c(Cl)cc1CN1CC[C@H](C(=O)O)C1. The Morgan fingerprint density at radius 2 is 1.70 bits per heavy atom. The minimum atomic E-state index is -0.773. The van der Waals surface area contributed by atoms with Crippen molar-refractivity contribution in [3.8, 4) is 40.0 Å². The number of hydrogen-bond acceptors (Lipinski definition) is 10. The van der Waals surface area contributed by atoms with E-state index in [0.29, 0.717) is 78.9 Å². The molecule has 7 rings (SSSR count). The van der Waals surface area contributed by atoms with E-state index < -0.39 is 11.6 Å². The Bertz CT molecular complexity index is 1930. The van der Waals surface area contributed by atoms with Gasteiger partial charge in [-0.2, -0.15) is 4.98 Å². The molecule has 11 nitrogen and oxygen atoms in total. The number of aliphatic hydroxyl groups is 1. The summed E-state index contributed by atoms with van der Waals surface area (Å²) in [5.74, 6) is -0.0293. The van der Waals surface area contributed by atoms with E-state index in [1.807, 2.05) is 31.2 Å². The Morgan fingerprint density at radius 3 is 2.42 bits per heavy atom. The normalized spacial score (nSPS) is 20.0. The average Bonchev–Trinajstić information content (AvgIpc) is 3.73. The quantitative estimate of drug-likeness (QED) is 0.187. The number of pyridine rings is 1. The maximum atomic E-state index is 11.4. The van der Waals surface area contributed by atoms with Crippen molar-refractivity contribution in [1.82, 2.24) is 24.8 Å². The fourth-order valence-corrected chi connectivity index (χ4v) is 7.93. The second kappa shape index (κ2) is 14.0. The highest BCUT2D eigenvalue weighted by Gasteiger charge is 2.37. The average molecular weight is 721 g/mol. The van der Waals surface area contributed by atoms with Crippen LogP contribution in [0.3, 0.4) is 0 Å². The van der Waals surface area contributed by atoms with Gasteiger partial charge in [-0.15, -0.1) is 0 Å². The van der Waals surface area contributed by atoms with Crippen LogP contribution in [-0.4, -0.2) is 86.9 Å². The molecule has 0 bridgehead atoms. The van der Waals surface area contributed by atoms with Gasteiger partial charge in [0.1, 0.15) is 16.8 Å². The smallest absolute Gasteiger partial charge is 0.307 e. The van der Waals surface area contributed by atoms with Gasteiger partial charge in [-0.05, 0) is 55.5 Å². The van der Waals surface area contributed by atoms with Gasteiger partial charge in [0.05, 0.1) is 42.7 Å². The molecule has 262 valence electrons. The van der Waals surface area contributed by atoms with Crippen molar-refractivity contribution in [3.63, 3.8) is 0 Å². The van der Waals surface area contributed by atoms with Gasteiger partial charge in [-0.3, -0.25) is 19.6 Å². The maximum Gasteiger partial charge on any atom is 0.307 e. The molecule has 50 heavy (non-hydrogen) atoms. The number of carboxylic acids is 1. The predicted molar refractivity (Wildman–Crippen MR) is 189 cm³/mol. The molecular formula is C37H39Cl2N5O6. The number of carbonyl (C=O) groups is 1. The summed E-state index contributed by atoms with van der Waals surface area (Å²) in [6.45, 7) is 5.14. The first-order valence-electron chi connectivity index (χ1n) is 16.6. The molecule has 13 heteroatoms. The van der Waals surface area contributed by atoms with Crippen molar-refractivity contribution in [1.29, 1.82) is 0 Å². The molecule has 2 N–H and O–H groups in total. The van der Waals surface area contributed by atoms with Crippen molar-refractivity contribution in [2.24, 2.45) is 5.92 Å². The van der Waals surface area contributed by atoms with Gasteiger partial charge in [0.2, 0.25) is 17.6 Å². The maximum absolute atomic E-state index is 11.4. The summed E-state index contributed by atoms with van der Waals surface area (Å²) in [5.41, 5.74) is 6.23. The number of hydrogen-bond donors (Lipinski definition) is 2. The van der Waals surface area contributed by atoms with Crippen molar-refractivity contribution in [2.45, 2.75) is 51.0 Å². The number of rotatable bonds is 11. The summed E-state index contributed by atoms with van der Waals surface area (Å²) >= 11 is 13.9. The van der Waals surface area contributed by atoms with Crippen LogP contribution in [0.5, 0.6) is 17.6 Å². The number of methoxy groups -OCH3 is 2. The van der Waals surface area contributed by atoms with Gasteiger partial charge in [-0.1, -0.05) is 59.6 Å². The Balaban J connectivity index is 1.11. The number of ether oxygens (including phenoxy) is 3. The fourth-order valence-electron chi connectivity index (χ4n) is 7.39. The first-order chi connectivity index (χ1) is 24.0. The summed E-state index contributed by atoms with van der Waals surface area (Å²) in [6, 6.07) is 13.8. The zero-order valence-electron chi connectivity index (χ0n) is 28.2. The fraction of sp³-hybridized carbons (Fsp3) is 0.405. The molecule has 1 aliphatic carbocycles. The Morgan fingerprint density at radius 1 is 0.960 bits per heavy atom. The van der Waals surface area contributed by atoms with Crippen LogP contribution in [0, 0.1) is 5.92 Å². The van der Waals surface area contributed by atoms with Gasteiger partial charge in [0, 0.05) is 49.4 Å². The van der Waals surface area contributed by atoms with E-state index in [1.165, 1.54) is 0 Å². The first-order valence-corrected chi connectivity index (χ1v) is 17.4. The molecule has 2 saturated heterocycles. The largest absolute Gasteiger partial charge is 0.481 e. The van der Waals surface area contributed by atoms with E-state index in [1.54, 1.807) is 26.5 Å². The number of carboxylic acid groups (broad SMARTS) is 1. The molecule has 0 radical (unpaired) electrons. The van der Waals surface area contributed by atoms with Crippen LogP contribution in [0.25, 0.3) is 22.4 Å². The van der Waals surface area contributed by atoms with E-state index in [4.69, 9.17) is 42.4 Å². The Hall–Kier alpha value is -4.00. The lowest BCUT2D eigenvalue weighted by atomic mass is 9.95. The van der Waals surface area contributed by atoms with Crippen LogP contribution in [0.15, 0.2) is 48.7 Å². The number of halogens is 2. The van der Waals surface area contributed by atoms with E-state index in [-0.39, 0.29) is 17.9 Å². The summed E-state index contributed by atoms with van der Waals surface area (Å²) in [6.07, 6.45) is 3.55. The molecule has 3 aliphatic rings. The van der Waals surface area contributed by atoms with Gasteiger partial charge in [-0.25, -0.2) is 4.98 Å². The molecule has 0 amide bonds. The minimum Gasteiger partial charge on any atom is -0.481 e. The first kappa shape index (κ1) is 34.4. The van der Waals surface area contributed by atoms with Crippen LogP contribution in [0.1, 0.15) is 48.3 Å². The van der Waals surface area contributed by atoms with Crippen molar-refractivity contribution in [3.05, 3.63) is 81.1 Å². The highest BCUT2D eigenvalue weighted by molar-refractivity contribution is 6.36. The third-order valence-corrected chi connectivity index (χ3v) is 10.4. The molecule has 2 atom stereocenters. The molecule has 2 aromatic carbocycles. The monoisotopic (exact) mass is 719 g/mol. The van der Waals surface area contributed by atoms with Crippen molar-refractivity contribution >= 4 is 29.2 Å². The molecule has 2 aliphatic heterocycles. The van der Waals surface area contributed by atoms with Crippen LogP contribution in [0.4, 0.5) is 0 Å². The third kappa shape index (κ3) is 6.85. The zero-order chi connectivity index (χ0) is 35.2. The zero-order valence-corrected chi connectivity index (χ0v) is 29.7. The summed E-state index contributed by atoms with van der Waals surface area (Å²) in [7, 11) is 3.13. The van der Waals surface area contributed by atoms with E-state index in [9.17, 15) is 15.0 Å². The molecular weight excluding hydrogens is 681 g/mol. The molecule has 2 aromatic heterocycles. The lowest BCUT2D eigenvalue weighted by Gasteiger charge is -2.44. The number of β-amino-alcohol motifs (C(OH)–C–C–N with tert-alkyl or cyclic N) is 1. The number of nitrogens with zero attached hydrogens (tertiary/aromatic N) is 5. The molecule has 4 heterocycles. The lowest BCUT2D eigenvalue weighted by molar-refractivity contribution is -0.141. The number of aromatic nitrogens is 3. The summed E-state index contributed by atoms with van der Waals surface area (Å²) in [5, 5.41) is 20.4. The molecule has 2 fully saturated rings. The van der Waals surface area contributed by atoms with Crippen LogP contribution in [0.2, 0.25) is 10.0 Å². The van der Waals surface area contributed by atoms with Crippen LogP contribution < -0.4 is 14.2 Å². The number of fused-ring (bicyclic) bond motifs is 1. The summed E-state index contributed by atoms with van der Waals surface area (Å²) in [4.78, 5) is 29.7. The highest BCUT2D eigenvalue weighted by Crippen LogP contribution is 2.45. The predicted octanol–water partition coefficient (Wildman–Crippen LogP) is 6.07. The lowest BCUT2D eigenvalue weighted by Crippen LogP contribution is -2.59. The van der Waals surface area contributed by atoms with Crippen molar-refractivity contribution < 1.29 is 29.2 Å². The van der Waals surface area contributed by atoms with Crippen molar-refractivity contribution in [2.75, 3.05) is 40.4 Å². The third-order valence-electron chi connectivity index (χ3n) is 9.73. The van der Waals surface area contributed by atoms with E-state index in [2.05, 4.69) is 31.9 Å². The highest BCUT2D eigenvalue weighted by atomic mass is 35.5. The Labute approximate surface area is 300 Å². The Kier molecular flexibility index (Phi) is 9.62. The summed E-state index contributed by atoms with van der Waals surface area (Å²) < 4.78 is 17.7. The van der Waals surface area contributed by atoms with Gasteiger partial charge < -0.3 is 24.4 Å². The number of benzene rings is 2. The molecule has 0 saturated carbocycles. The van der Waals surface area contributed by atoms with Gasteiger partial charge in [0.15, 0.2) is 0 Å². The van der Waals surface area contributed by atoms with Crippen LogP contribution in [-0.2, 0) is 24.3 Å². The number of aliphatic carboxylic acids is 1. The van der Waals surface area contributed by atoms with E-state index in [0.717, 1.165) is 46.2 Å². The van der Waals surface area contributed by atoms with E-state index >= 15 is 0 Å².